The molecule has 1 aromatic carbocycles. The highest BCUT2D eigenvalue weighted by Crippen LogP contribution is 2.26. The van der Waals surface area contributed by atoms with Gasteiger partial charge in [-0.25, -0.2) is 0 Å². The van der Waals surface area contributed by atoms with E-state index in [-0.39, 0.29) is 4.91 Å². The SMILES string of the molecule is CS/C(=C\C=C\c1ccccc1)C(=O)C(F)(F)F. The van der Waals surface area contributed by atoms with Gasteiger partial charge in [0.2, 0.25) is 0 Å². The molecule has 0 aliphatic carbocycles. The molecule has 0 aromatic heterocycles. The molecular formula is C13H11F3OS. The van der Waals surface area contributed by atoms with Crippen LogP contribution < -0.4 is 0 Å². The number of rotatable bonds is 4. The molecule has 1 rings (SSSR count). The van der Waals surface area contributed by atoms with Crippen LogP contribution in [0.3, 0.4) is 0 Å². The molecule has 0 spiro atoms. The summed E-state index contributed by atoms with van der Waals surface area (Å²) in [6, 6.07) is 9.11. The number of carbonyl (C=O) groups excluding carboxylic acids is 1. The van der Waals surface area contributed by atoms with Crippen LogP contribution in [0.1, 0.15) is 5.56 Å². The van der Waals surface area contributed by atoms with Gasteiger partial charge in [-0.05, 0) is 17.9 Å². The molecule has 1 nitrogen and oxygen atoms in total. The monoisotopic (exact) mass is 272 g/mol. The fourth-order valence-electron chi connectivity index (χ4n) is 1.19. The lowest BCUT2D eigenvalue weighted by molar-refractivity contribution is -0.165. The van der Waals surface area contributed by atoms with E-state index < -0.39 is 12.0 Å². The third-order valence-electron chi connectivity index (χ3n) is 2.04. The van der Waals surface area contributed by atoms with E-state index >= 15 is 0 Å². The minimum atomic E-state index is -4.82. The normalized spacial score (nSPS) is 13.0. The molecule has 0 aliphatic heterocycles. The number of allylic oxidation sites excluding steroid dienone is 3. The summed E-state index contributed by atoms with van der Waals surface area (Å²) < 4.78 is 36.6. The molecule has 0 amide bonds. The molecular weight excluding hydrogens is 261 g/mol. The molecule has 0 aliphatic rings. The highest BCUT2D eigenvalue weighted by Gasteiger charge is 2.40. The molecule has 0 atom stereocenters. The molecule has 18 heavy (non-hydrogen) atoms. The average molecular weight is 272 g/mol. The molecule has 96 valence electrons. The van der Waals surface area contributed by atoms with Gasteiger partial charge in [-0.15, -0.1) is 11.8 Å². The lowest BCUT2D eigenvalue weighted by Gasteiger charge is -2.05. The Morgan fingerprint density at radius 2 is 1.83 bits per heavy atom. The number of hydrogen-bond donors (Lipinski definition) is 0. The second-order valence-electron chi connectivity index (χ2n) is 3.33. The maximum Gasteiger partial charge on any atom is 0.455 e. The lowest BCUT2D eigenvalue weighted by atomic mass is 10.2. The second-order valence-corrected chi connectivity index (χ2v) is 4.18. The number of hydrogen-bond acceptors (Lipinski definition) is 2. The summed E-state index contributed by atoms with van der Waals surface area (Å²) in [7, 11) is 0. The summed E-state index contributed by atoms with van der Waals surface area (Å²) in [6.07, 6.45) is 0.861. The Labute approximate surface area is 107 Å². The summed E-state index contributed by atoms with van der Waals surface area (Å²) in [5.41, 5.74) is 0.855. The highest BCUT2D eigenvalue weighted by atomic mass is 32.2. The molecule has 5 heteroatoms. The summed E-state index contributed by atoms with van der Waals surface area (Å²) in [5, 5.41) is 0. The third-order valence-corrected chi connectivity index (χ3v) is 2.80. The van der Waals surface area contributed by atoms with Crippen molar-refractivity contribution in [2.45, 2.75) is 6.18 Å². The van der Waals surface area contributed by atoms with E-state index in [9.17, 15) is 18.0 Å². The molecule has 0 radical (unpaired) electrons. The van der Waals surface area contributed by atoms with E-state index in [1.807, 2.05) is 30.3 Å². The first-order chi connectivity index (χ1) is 8.45. The molecule has 0 unspecified atom stereocenters. The van der Waals surface area contributed by atoms with E-state index in [1.165, 1.54) is 18.4 Å². The zero-order chi connectivity index (χ0) is 13.6. The standard InChI is InChI=1S/C13H11F3OS/c1-18-11(12(17)13(14,15)16)9-5-8-10-6-3-2-4-7-10/h2-9H,1H3/b8-5+,11-9-. The van der Waals surface area contributed by atoms with Crippen LogP contribution >= 0.6 is 11.8 Å². The number of benzene rings is 1. The van der Waals surface area contributed by atoms with Crippen LogP contribution in [-0.2, 0) is 4.79 Å². The van der Waals surface area contributed by atoms with E-state index in [2.05, 4.69) is 0 Å². The van der Waals surface area contributed by atoms with Crippen molar-refractivity contribution in [3.63, 3.8) is 0 Å². The Morgan fingerprint density at radius 1 is 1.22 bits per heavy atom. The van der Waals surface area contributed by atoms with Crippen LogP contribution in [0, 0.1) is 0 Å². The predicted octanol–water partition coefficient (Wildman–Crippen LogP) is 4.08. The van der Waals surface area contributed by atoms with Gasteiger partial charge in [-0.3, -0.25) is 4.79 Å². The zero-order valence-corrected chi connectivity index (χ0v) is 10.4. The Kier molecular flexibility index (Phi) is 5.22. The number of alkyl halides is 3. The van der Waals surface area contributed by atoms with E-state index in [4.69, 9.17) is 0 Å². The van der Waals surface area contributed by atoms with Crippen LogP contribution in [-0.4, -0.2) is 18.2 Å². The summed E-state index contributed by atoms with van der Waals surface area (Å²) >= 11 is 0.780. The summed E-state index contributed by atoms with van der Waals surface area (Å²) in [4.78, 5) is 10.7. The Morgan fingerprint density at radius 3 is 2.33 bits per heavy atom. The summed E-state index contributed by atoms with van der Waals surface area (Å²) in [6.45, 7) is 0. The molecule has 0 fully saturated rings. The van der Waals surface area contributed by atoms with Crippen LogP contribution in [0.2, 0.25) is 0 Å². The first-order valence-corrected chi connectivity index (χ1v) is 6.26. The van der Waals surface area contributed by atoms with Crippen molar-refractivity contribution in [1.29, 1.82) is 0 Å². The number of thioether (sulfide) groups is 1. The van der Waals surface area contributed by atoms with Crippen molar-refractivity contribution >= 4 is 23.6 Å². The van der Waals surface area contributed by atoms with E-state index in [0.717, 1.165) is 17.3 Å². The minimum Gasteiger partial charge on any atom is -0.283 e. The van der Waals surface area contributed by atoms with Crippen LogP contribution in [0.4, 0.5) is 13.2 Å². The Balaban J connectivity index is 2.81. The molecule has 0 N–H and O–H groups in total. The molecule has 0 saturated heterocycles. The molecule has 0 heterocycles. The van der Waals surface area contributed by atoms with Gasteiger partial charge in [0.1, 0.15) is 0 Å². The first kappa shape index (κ1) is 14.6. The largest absolute Gasteiger partial charge is 0.455 e. The van der Waals surface area contributed by atoms with Gasteiger partial charge < -0.3 is 0 Å². The van der Waals surface area contributed by atoms with E-state index in [0.29, 0.717) is 0 Å². The van der Waals surface area contributed by atoms with Crippen molar-refractivity contribution in [1.82, 2.24) is 0 Å². The van der Waals surface area contributed by atoms with Crippen molar-refractivity contribution in [3.8, 4) is 0 Å². The van der Waals surface area contributed by atoms with Crippen LogP contribution in [0.15, 0.2) is 47.4 Å². The van der Waals surface area contributed by atoms with Crippen molar-refractivity contribution in [2.24, 2.45) is 0 Å². The van der Waals surface area contributed by atoms with Gasteiger partial charge >= 0.3 is 6.18 Å². The van der Waals surface area contributed by atoms with Crippen molar-refractivity contribution in [3.05, 3.63) is 53.0 Å². The zero-order valence-electron chi connectivity index (χ0n) is 9.57. The molecule has 0 saturated carbocycles. The van der Waals surface area contributed by atoms with Crippen molar-refractivity contribution < 1.29 is 18.0 Å². The first-order valence-electron chi connectivity index (χ1n) is 5.04. The fourth-order valence-corrected chi connectivity index (χ4v) is 1.70. The van der Waals surface area contributed by atoms with Gasteiger partial charge in [-0.1, -0.05) is 42.5 Å². The third kappa shape index (κ3) is 4.41. The fraction of sp³-hybridized carbons (Fsp3) is 0.154. The summed E-state index contributed by atoms with van der Waals surface area (Å²) in [5.74, 6) is -1.81. The molecule has 1 aromatic rings. The number of ketones is 1. The minimum absolute atomic E-state index is 0.324. The number of Topliss-reactive ketones (excluding diaryl/α,β-unsaturated/α-hetero) is 1. The number of halogens is 3. The lowest BCUT2D eigenvalue weighted by Crippen LogP contribution is -2.23. The van der Waals surface area contributed by atoms with Crippen LogP contribution in [0.25, 0.3) is 6.08 Å². The Bertz CT molecular complexity index is 461. The van der Waals surface area contributed by atoms with Gasteiger partial charge in [-0.2, -0.15) is 13.2 Å². The van der Waals surface area contributed by atoms with Crippen LogP contribution in [0.5, 0.6) is 0 Å². The van der Waals surface area contributed by atoms with Gasteiger partial charge in [0.05, 0.1) is 4.91 Å². The maximum absolute atomic E-state index is 12.2. The van der Waals surface area contributed by atoms with Crippen molar-refractivity contribution in [2.75, 3.05) is 6.26 Å². The topological polar surface area (TPSA) is 17.1 Å². The smallest absolute Gasteiger partial charge is 0.283 e. The van der Waals surface area contributed by atoms with Gasteiger partial charge in [0.15, 0.2) is 0 Å². The van der Waals surface area contributed by atoms with Gasteiger partial charge in [0.25, 0.3) is 5.78 Å². The quantitative estimate of drug-likeness (QED) is 0.607. The van der Waals surface area contributed by atoms with E-state index in [1.54, 1.807) is 6.08 Å². The maximum atomic E-state index is 12.2. The highest BCUT2D eigenvalue weighted by molar-refractivity contribution is 8.03. The number of carbonyl (C=O) groups is 1. The van der Waals surface area contributed by atoms with Gasteiger partial charge in [0, 0.05) is 0 Å². The molecule has 0 bridgehead atoms. The second kappa shape index (κ2) is 6.44. The predicted molar refractivity (Wildman–Crippen MR) is 68.1 cm³/mol. The average Bonchev–Trinajstić information content (AvgIpc) is 2.34. The Hall–Kier alpha value is -1.49.